The van der Waals surface area contributed by atoms with Crippen LogP contribution < -0.4 is 0 Å². The highest BCUT2D eigenvalue weighted by Gasteiger charge is 2.21. The van der Waals surface area contributed by atoms with Gasteiger partial charge in [0.1, 0.15) is 0 Å². The molecule has 1 heterocycles. The predicted octanol–water partition coefficient (Wildman–Crippen LogP) is 3.63. The van der Waals surface area contributed by atoms with Gasteiger partial charge < -0.3 is 9.80 Å². The fourth-order valence-electron chi connectivity index (χ4n) is 3.00. The van der Waals surface area contributed by atoms with Crippen molar-refractivity contribution in [2.45, 2.75) is 11.4 Å². The fraction of sp³-hybridized carbons (Fsp3) is 0.300. The SMILES string of the molecule is CN(C)CCN(C)Cc1cn(S(=O)(=O)c2ccc(Br)cc2)c2ccccc12. The number of fused-ring (bicyclic) bond motifs is 1. The fourth-order valence-corrected chi connectivity index (χ4v) is 4.66. The molecule has 0 saturated heterocycles. The van der Waals surface area contributed by atoms with E-state index in [9.17, 15) is 8.42 Å². The van der Waals surface area contributed by atoms with E-state index in [0.29, 0.717) is 12.1 Å². The predicted molar refractivity (Wildman–Crippen MR) is 114 cm³/mol. The largest absolute Gasteiger partial charge is 0.308 e. The van der Waals surface area contributed by atoms with Crippen molar-refractivity contribution in [3.8, 4) is 0 Å². The molecule has 0 atom stereocenters. The van der Waals surface area contributed by atoms with Crippen molar-refractivity contribution in [2.24, 2.45) is 0 Å². The molecule has 5 nitrogen and oxygen atoms in total. The summed E-state index contributed by atoms with van der Waals surface area (Å²) in [6.07, 6.45) is 1.76. The first kappa shape index (κ1) is 20.1. The summed E-state index contributed by atoms with van der Waals surface area (Å²) in [6.45, 7) is 2.55. The zero-order chi connectivity index (χ0) is 19.6. The van der Waals surface area contributed by atoms with E-state index < -0.39 is 10.0 Å². The number of rotatable bonds is 7. The normalized spacial score (nSPS) is 12.4. The molecule has 144 valence electrons. The van der Waals surface area contributed by atoms with Crippen LogP contribution in [0.3, 0.4) is 0 Å². The third-order valence-corrected chi connectivity index (χ3v) is 6.72. The molecule has 0 saturated carbocycles. The minimum Gasteiger partial charge on any atom is -0.308 e. The van der Waals surface area contributed by atoms with Crippen molar-refractivity contribution < 1.29 is 8.42 Å². The van der Waals surface area contributed by atoms with E-state index in [0.717, 1.165) is 28.5 Å². The Kier molecular flexibility index (Phi) is 6.05. The van der Waals surface area contributed by atoms with E-state index in [1.807, 2.05) is 38.4 Å². The molecule has 0 aliphatic carbocycles. The van der Waals surface area contributed by atoms with Crippen LogP contribution >= 0.6 is 15.9 Å². The van der Waals surface area contributed by atoms with Crippen molar-refractivity contribution in [2.75, 3.05) is 34.2 Å². The summed E-state index contributed by atoms with van der Waals surface area (Å²) in [5, 5.41) is 0.967. The van der Waals surface area contributed by atoms with Crippen LogP contribution in [0.25, 0.3) is 10.9 Å². The summed E-state index contributed by atoms with van der Waals surface area (Å²) in [6, 6.07) is 14.4. The topological polar surface area (TPSA) is 45.5 Å². The van der Waals surface area contributed by atoms with E-state index in [-0.39, 0.29) is 4.90 Å². The summed E-state index contributed by atoms with van der Waals surface area (Å²) in [5.74, 6) is 0. The Labute approximate surface area is 169 Å². The molecule has 7 heteroatoms. The second-order valence-corrected chi connectivity index (χ2v) is 9.70. The smallest absolute Gasteiger partial charge is 0.268 e. The highest BCUT2D eigenvalue weighted by Crippen LogP contribution is 2.27. The maximum atomic E-state index is 13.2. The molecule has 0 radical (unpaired) electrons. The van der Waals surface area contributed by atoms with Gasteiger partial charge in [0, 0.05) is 35.7 Å². The van der Waals surface area contributed by atoms with Gasteiger partial charge in [0.25, 0.3) is 10.0 Å². The van der Waals surface area contributed by atoms with Crippen LogP contribution in [0.4, 0.5) is 0 Å². The van der Waals surface area contributed by atoms with Gasteiger partial charge in [0.15, 0.2) is 0 Å². The van der Waals surface area contributed by atoms with Crippen molar-refractivity contribution >= 4 is 36.9 Å². The van der Waals surface area contributed by atoms with E-state index in [2.05, 4.69) is 32.8 Å². The number of hydrogen-bond acceptors (Lipinski definition) is 4. The quantitative estimate of drug-likeness (QED) is 0.552. The van der Waals surface area contributed by atoms with Gasteiger partial charge in [0.05, 0.1) is 10.4 Å². The molecule has 3 rings (SSSR count). The Morgan fingerprint density at radius 1 is 0.963 bits per heavy atom. The Morgan fingerprint density at radius 2 is 1.63 bits per heavy atom. The standard InChI is InChI=1S/C20H24BrN3O2S/c1-22(2)12-13-23(3)14-16-15-24(20-7-5-4-6-19(16)20)27(25,26)18-10-8-17(21)9-11-18/h4-11,15H,12-14H2,1-3H3. The van der Waals surface area contributed by atoms with Gasteiger partial charge in [-0.1, -0.05) is 34.1 Å². The molecule has 0 N–H and O–H groups in total. The minimum absolute atomic E-state index is 0.277. The zero-order valence-corrected chi connectivity index (χ0v) is 18.2. The molecule has 0 aliphatic heterocycles. The van der Waals surface area contributed by atoms with E-state index in [1.54, 1.807) is 30.5 Å². The zero-order valence-electron chi connectivity index (χ0n) is 15.8. The second kappa shape index (κ2) is 8.14. The van der Waals surface area contributed by atoms with Crippen LogP contribution in [0.2, 0.25) is 0 Å². The summed E-state index contributed by atoms with van der Waals surface area (Å²) >= 11 is 3.35. The van der Waals surface area contributed by atoms with Crippen molar-refractivity contribution in [3.05, 3.63) is 64.8 Å². The first-order chi connectivity index (χ1) is 12.8. The molecule has 0 spiro atoms. The highest BCUT2D eigenvalue weighted by atomic mass is 79.9. The van der Waals surface area contributed by atoms with Gasteiger partial charge in [-0.2, -0.15) is 0 Å². The van der Waals surface area contributed by atoms with Gasteiger partial charge in [-0.25, -0.2) is 12.4 Å². The number of benzene rings is 2. The van der Waals surface area contributed by atoms with Crippen LogP contribution in [0.15, 0.2) is 64.1 Å². The maximum absolute atomic E-state index is 13.2. The van der Waals surface area contributed by atoms with E-state index in [1.165, 1.54) is 3.97 Å². The summed E-state index contributed by atoms with van der Waals surface area (Å²) in [5.41, 5.74) is 1.71. The molecule has 2 aromatic carbocycles. The molecular weight excluding hydrogens is 426 g/mol. The van der Waals surface area contributed by atoms with Crippen molar-refractivity contribution in [1.82, 2.24) is 13.8 Å². The molecule has 0 amide bonds. The number of hydrogen-bond donors (Lipinski definition) is 0. The number of halogens is 1. The van der Waals surface area contributed by atoms with Crippen LogP contribution in [-0.4, -0.2) is 56.4 Å². The molecule has 27 heavy (non-hydrogen) atoms. The van der Waals surface area contributed by atoms with Crippen LogP contribution in [0.5, 0.6) is 0 Å². The monoisotopic (exact) mass is 449 g/mol. The third-order valence-electron chi connectivity index (χ3n) is 4.50. The van der Waals surface area contributed by atoms with Crippen molar-refractivity contribution in [1.29, 1.82) is 0 Å². The molecule has 3 aromatic rings. The lowest BCUT2D eigenvalue weighted by molar-refractivity contribution is 0.277. The summed E-state index contributed by atoms with van der Waals surface area (Å²) in [7, 11) is 2.49. The van der Waals surface area contributed by atoms with Crippen LogP contribution in [0, 0.1) is 0 Å². The minimum atomic E-state index is -3.65. The average Bonchev–Trinajstić information content (AvgIpc) is 3.00. The number of aromatic nitrogens is 1. The number of nitrogens with zero attached hydrogens (tertiary/aromatic N) is 3. The number of likely N-dealkylation sites (N-methyl/N-ethyl adjacent to an activating group) is 2. The number of para-hydroxylation sites is 1. The first-order valence-electron chi connectivity index (χ1n) is 8.72. The third kappa shape index (κ3) is 4.43. The van der Waals surface area contributed by atoms with Gasteiger partial charge in [0.2, 0.25) is 0 Å². The van der Waals surface area contributed by atoms with E-state index >= 15 is 0 Å². The first-order valence-corrected chi connectivity index (χ1v) is 11.0. The Balaban J connectivity index is 2.01. The van der Waals surface area contributed by atoms with Crippen molar-refractivity contribution in [3.63, 3.8) is 0 Å². The molecular formula is C20H24BrN3O2S. The van der Waals surface area contributed by atoms with Crippen LogP contribution in [0.1, 0.15) is 5.56 Å². The van der Waals surface area contributed by atoms with Gasteiger partial charge in [-0.05, 0) is 57.0 Å². The molecule has 0 unspecified atom stereocenters. The highest BCUT2D eigenvalue weighted by molar-refractivity contribution is 9.10. The second-order valence-electron chi connectivity index (χ2n) is 6.97. The maximum Gasteiger partial charge on any atom is 0.268 e. The lowest BCUT2D eigenvalue weighted by atomic mass is 10.1. The van der Waals surface area contributed by atoms with E-state index in [4.69, 9.17) is 0 Å². The van der Waals surface area contributed by atoms with Crippen LogP contribution in [-0.2, 0) is 16.6 Å². The Hall–Kier alpha value is -1.67. The van der Waals surface area contributed by atoms with Gasteiger partial charge in [-0.15, -0.1) is 0 Å². The average molecular weight is 450 g/mol. The Bertz CT molecular complexity index is 1030. The lowest BCUT2D eigenvalue weighted by Gasteiger charge is -2.18. The van der Waals surface area contributed by atoms with Gasteiger partial charge in [-0.3, -0.25) is 0 Å². The molecule has 0 aliphatic rings. The van der Waals surface area contributed by atoms with Gasteiger partial charge >= 0.3 is 0 Å². The summed E-state index contributed by atoms with van der Waals surface area (Å²) in [4.78, 5) is 4.62. The summed E-state index contributed by atoms with van der Waals surface area (Å²) < 4.78 is 28.7. The lowest BCUT2D eigenvalue weighted by Crippen LogP contribution is -2.28. The Morgan fingerprint density at radius 3 is 2.30 bits per heavy atom. The molecule has 0 fully saturated rings. The molecule has 0 bridgehead atoms. The molecule has 1 aromatic heterocycles.